The van der Waals surface area contributed by atoms with Crippen LogP contribution in [0.4, 0.5) is 5.69 Å². The van der Waals surface area contributed by atoms with Gasteiger partial charge >= 0.3 is 0 Å². The maximum atomic E-state index is 9.44. The molecule has 1 aromatic heterocycles. The van der Waals surface area contributed by atoms with Crippen LogP contribution in [-0.4, -0.2) is 14.7 Å². The van der Waals surface area contributed by atoms with Gasteiger partial charge in [-0.2, -0.15) is 0 Å². The van der Waals surface area contributed by atoms with E-state index in [2.05, 4.69) is 77.3 Å². The molecule has 0 amide bonds. The lowest BCUT2D eigenvalue weighted by atomic mass is 10.0. The van der Waals surface area contributed by atoms with Crippen molar-refractivity contribution in [2.24, 2.45) is 0 Å². The first kappa shape index (κ1) is 16.8. The summed E-state index contributed by atoms with van der Waals surface area (Å²) in [6.45, 7) is 2.83. The van der Waals surface area contributed by atoms with Crippen LogP contribution < -0.4 is 4.90 Å². The van der Waals surface area contributed by atoms with Gasteiger partial charge in [-0.25, -0.2) is 4.98 Å². The lowest BCUT2D eigenvalue weighted by molar-refractivity contribution is 0.282. The summed E-state index contributed by atoms with van der Waals surface area (Å²) in [4.78, 5) is 7.13. The first-order valence-corrected chi connectivity index (χ1v) is 9.43. The van der Waals surface area contributed by atoms with Crippen molar-refractivity contribution in [1.82, 2.24) is 9.55 Å². The molecule has 0 spiro atoms. The van der Waals surface area contributed by atoms with Crippen molar-refractivity contribution in [2.75, 3.05) is 4.90 Å². The van der Waals surface area contributed by atoms with E-state index in [1.165, 1.54) is 10.8 Å². The number of aliphatic hydroxyl groups excluding tert-OH is 1. The molecule has 138 valence electrons. The monoisotopic (exact) mass is 367 g/mol. The van der Waals surface area contributed by atoms with Crippen LogP contribution in [0.3, 0.4) is 0 Å². The van der Waals surface area contributed by atoms with E-state index in [-0.39, 0.29) is 6.61 Å². The maximum absolute atomic E-state index is 9.44. The Kier molecular flexibility index (Phi) is 3.99. The van der Waals surface area contributed by atoms with E-state index in [0.717, 1.165) is 33.9 Å². The highest BCUT2D eigenvalue weighted by Gasteiger charge is 2.19. The van der Waals surface area contributed by atoms with Crippen molar-refractivity contribution in [3.05, 3.63) is 90.5 Å². The molecule has 1 aliphatic heterocycles. The molecule has 4 nitrogen and oxygen atoms in total. The van der Waals surface area contributed by atoms with Crippen molar-refractivity contribution in [1.29, 1.82) is 0 Å². The molecule has 0 unspecified atom stereocenters. The first-order valence-electron chi connectivity index (χ1n) is 9.43. The molecule has 0 saturated heterocycles. The molecule has 4 heteroatoms. The van der Waals surface area contributed by atoms with Crippen molar-refractivity contribution in [3.8, 4) is 11.3 Å². The number of nitrogens with zero attached hydrogens (tertiary/aromatic N) is 3. The summed E-state index contributed by atoms with van der Waals surface area (Å²) < 4.78 is 2.19. The predicted octanol–water partition coefficient (Wildman–Crippen LogP) is 5.03. The fraction of sp³-hybridized carbons (Fsp3) is 0.125. The summed E-state index contributed by atoms with van der Waals surface area (Å²) in [6.07, 6.45) is 4.27. The molecule has 0 bridgehead atoms. The predicted molar refractivity (Wildman–Crippen MR) is 114 cm³/mol. The topological polar surface area (TPSA) is 41.3 Å². The van der Waals surface area contributed by atoms with Gasteiger partial charge < -0.3 is 14.6 Å². The van der Waals surface area contributed by atoms with E-state index in [4.69, 9.17) is 4.98 Å². The second-order valence-electron chi connectivity index (χ2n) is 7.20. The Balaban J connectivity index is 1.56. The molecule has 1 N–H and O–H groups in total. The maximum Gasteiger partial charge on any atom is 0.139 e. The van der Waals surface area contributed by atoms with Crippen LogP contribution >= 0.6 is 0 Å². The largest absolute Gasteiger partial charge is 0.392 e. The zero-order valence-electron chi connectivity index (χ0n) is 15.7. The summed E-state index contributed by atoms with van der Waals surface area (Å²) in [5, 5.41) is 11.9. The van der Waals surface area contributed by atoms with Gasteiger partial charge in [0, 0.05) is 29.2 Å². The van der Waals surface area contributed by atoms with Crippen molar-refractivity contribution in [3.63, 3.8) is 0 Å². The Morgan fingerprint density at radius 3 is 2.71 bits per heavy atom. The van der Waals surface area contributed by atoms with E-state index in [0.29, 0.717) is 6.67 Å². The van der Waals surface area contributed by atoms with Crippen LogP contribution in [0.1, 0.15) is 18.3 Å². The van der Waals surface area contributed by atoms with Gasteiger partial charge in [-0.15, -0.1) is 0 Å². The average Bonchev–Trinajstić information content (AvgIpc) is 3.18. The minimum absolute atomic E-state index is 0.0476. The number of benzene rings is 3. The molecule has 5 rings (SSSR count). The highest BCUT2D eigenvalue weighted by molar-refractivity contribution is 5.95. The van der Waals surface area contributed by atoms with Crippen molar-refractivity contribution >= 4 is 22.0 Å². The highest BCUT2D eigenvalue weighted by atomic mass is 16.3. The summed E-state index contributed by atoms with van der Waals surface area (Å²) in [5.74, 6) is 0.998. The zero-order valence-corrected chi connectivity index (χ0v) is 15.7. The van der Waals surface area contributed by atoms with Crippen molar-refractivity contribution < 1.29 is 5.11 Å². The second kappa shape index (κ2) is 6.66. The van der Waals surface area contributed by atoms with Gasteiger partial charge in [0.05, 0.1) is 12.3 Å². The van der Waals surface area contributed by atoms with Gasteiger partial charge in [0.25, 0.3) is 0 Å². The Morgan fingerprint density at radius 2 is 1.82 bits per heavy atom. The van der Waals surface area contributed by atoms with Gasteiger partial charge in [0.2, 0.25) is 0 Å². The number of imidazole rings is 1. The first-order chi connectivity index (χ1) is 13.7. The molecule has 0 radical (unpaired) electrons. The van der Waals surface area contributed by atoms with Crippen LogP contribution in [0.15, 0.2) is 79.1 Å². The van der Waals surface area contributed by atoms with E-state index in [9.17, 15) is 5.11 Å². The number of rotatable bonds is 3. The summed E-state index contributed by atoms with van der Waals surface area (Å²) >= 11 is 0. The number of hydrogen-bond acceptors (Lipinski definition) is 3. The molecule has 1 aliphatic rings. The van der Waals surface area contributed by atoms with E-state index < -0.39 is 0 Å². The Morgan fingerprint density at radius 1 is 1.00 bits per heavy atom. The number of aliphatic hydroxyl groups is 1. The van der Waals surface area contributed by atoms with E-state index >= 15 is 0 Å². The smallest absolute Gasteiger partial charge is 0.139 e. The SMILES string of the molecule is CC1=CN(c2cccc(CO)c2)Cn2cc(-c3cccc4ccccc34)nc21. The third-order valence-corrected chi connectivity index (χ3v) is 5.27. The molecule has 3 aromatic carbocycles. The number of allylic oxidation sites excluding steroid dienone is 1. The Labute approximate surface area is 164 Å². The third-order valence-electron chi connectivity index (χ3n) is 5.27. The molecule has 0 saturated carbocycles. The van der Waals surface area contributed by atoms with Crippen molar-refractivity contribution in [2.45, 2.75) is 20.2 Å². The number of anilines is 1. The van der Waals surface area contributed by atoms with Crippen LogP contribution in [0, 0.1) is 0 Å². The molecular weight excluding hydrogens is 346 g/mol. The molecule has 0 atom stereocenters. The standard InChI is InChI=1S/C24H21N3O/c1-17-13-26(20-9-4-6-18(12-20)15-28)16-27-14-23(25-24(17)27)22-11-5-8-19-7-2-3-10-21(19)22/h2-14,28H,15-16H2,1H3. The Hall–Kier alpha value is -3.37. The van der Waals surface area contributed by atoms with Gasteiger partial charge in [0.1, 0.15) is 12.5 Å². The number of hydrogen-bond donors (Lipinski definition) is 1. The summed E-state index contributed by atoms with van der Waals surface area (Å²) in [7, 11) is 0. The lowest BCUT2D eigenvalue weighted by Gasteiger charge is -2.27. The number of fused-ring (bicyclic) bond motifs is 2. The zero-order chi connectivity index (χ0) is 19.1. The molecular formula is C24H21N3O. The van der Waals surface area contributed by atoms with Gasteiger partial charge in [0.15, 0.2) is 0 Å². The lowest BCUT2D eigenvalue weighted by Crippen LogP contribution is -2.25. The highest BCUT2D eigenvalue weighted by Crippen LogP contribution is 2.32. The van der Waals surface area contributed by atoms with Gasteiger partial charge in [-0.3, -0.25) is 0 Å². The van der Waals surface area contributed by atoms with E-state index in [1.807, 2.05) is 18.2 Å². The molecule has 2 heterocycles. The third kappa shape index (κ3) is 2.79. The normalized spacial score (nSPS) is 13.5. The van der Waals surface area contributed by atoms with Crippen LogP contribution in [0.25, 0.3) is 27.6 Å². The summed E-state index contributed by atoms with van der Waals surface area (Å²) in [6, 6.07) is 22.8. The minimum Gasteiger partial charge on any atom is -0.392 e. The molecule has 0 aliphatic carbocycles. The number of aromatic nitrogens is 2. The summed E-state index contributed by atoms with van der Waals surface area (Å²) in [5.41, 5.74) is 5.24. The fourth-order valence-electron chi connectivity index (χ4n) is 3.90. The van der Waals surface area contributed by atoms with Crippen LogP contribution in [0.5, 0.6) is 0 Å². The fourth-order valence-corrected chi connectivity index (χ4v) is 3.90. The van der Waals surface area contributed by atoms with Gasteiger partial charge in [-0.1, -0.05) is 54.6 Å². The van der Waals surface area contributed by atoms with Gasteiger partial charge in [-0.05, 0) is 35.4 Å². The second-order valence-corrected chi connectivity index (χ2v) is 7.20. The molecule has 4 aromatic rings. The molecule has 28 heavy (non-hydrogen) atoms. The van der Waals surface area contributed by atoms with Crippen LogP contribution in [0.2, 0.25) is 0 Å². The molecule has 0 fully saturated rings. The Bertz CT molecular complexity index is 1200. The quantitative estimate of drug-likeness (QED) is 0.552. The average molecular weight is 367 g/mol. The minimum atomic E-state index is 0.0476. The van der Waals surface area contributed by atoms with Crippen LogP contribution in [-0.2, 0) is 13.3 Å². The van der Waals surface area contributed by atoms with E-state index in [1.54, 1.807) is 0 Å².